The molecule has 0 aromatic heterocycles. The largest absolute Gasteiger partial charge is 0.480 e. The average molecular weight is 474 g/mol. The number of ether oxygens (including phenoxy) is 1. The second-order valence-electron chi connectivity index (χ2n) is 8.40. The number of anilines is 1. The Balaban J connectivity index is 1.61. The number of rotatable bonds is 7. The Morgan fingerprint density at radius 1 is 1.11 bits per heavy atom. The molecule has 8 nitrogen and oxygen atoms in total. The molecule has 0 fully saturated rings. The molecule has 0 radical (unpaired) electrons. The molecule has 35 heavy (non-hydrogen) atoms. The first-order chi connectivity index (χ1) is 16.9. The van der Waals surface area contributed by atoms with Crippen molar-refractivity contribution in [1.82, 2.24) is 4.90 Å². The molecule has 0 aliphatic carbocycles. The van der Waals surface area contributed by atoms with Crippen molar-refractivity contribution in [2.45, 2.75) is 45.4 Å². The summed E-state index contributed by atoms with van der Waals surface area (Å²) in [4.78, 5) is 38.3. The molecule has 0 saturated heterocycles. The zero-order chi connectivity index (χ0) is 24.9. The van der Waals surface area contributed by atoms with Crippen LogP contribution < -0.4 is 10.1 Å². The Morgan fingerprint density at radius 2 is 1.83 bits per heavy atom. The third kappa shape index (κ3) is 5.16. The van der Waals surface area contributed by atoms with Crippen molar-refractivity contribution in [2.75, 3.05) is 5.32 Å². The van der Waals surface area contributed by atoms with Crippen molar-refractivity contribution in [3.63, 3.8) is 0 Å². The van der Waals surface area contributed by atoms with Crippen LogP contribution in [0.15, 0.2) is 72.8 Å². The highest BCUT2D eigenvalue weighted by molar-refractivity contribution is 6.04. The number of amides is 2. The van der Waals surface area contributed by atoms with Crippen molar-refractivity contribution < 1.29 is 19.2 Å². The van der Waals surface area contributed by atoms with Crippen molar-refractivity contribution in [3.8, 4) is 5.75 Å². The van der Waals surface area contributed by atoms with E-state index in [-0.39, 0.29) is 23.5 Å². The summed E-state index contributed by atoms with van der Waals surface area (Å²) in [6.07, 6.45) is 0.700. The van der Waals surface area contributed by atoms with E-state index in [0.29, 0.717) is 30.0 Å². The molecule has 3 aromatic rings. The molecule has 1 heterocycles. The van der Waals surface area contributed by atoms with E-state index in [0.717, 1.165) is 17.5 Å². The van der Waals surface area contributed by atoms with Gasteiger partial charge in [-0.3, -0.25) is 19.7 Å². The van der Waals surface area contributed by atoms with E-state index in [2.05, 4.69) is 12.2 Å². The zero-order valence-electron chi connectivity index (χ0n) is 19.6. The van der Waals surface area contributed by atoms with Crippen LogP contribution in [0.3, 0.4) is 0 Å². The molecular formula is C27H27N3O5. The number of nitrogens with zero attached hydrogens (tertiary/aromatic N) is 2. The van der Waals surface area contributed by atoms with Gasteiger partial charge < -0.3 is 15.0 Å². The van der Waals surface area contributed by atoms with Crippen LogP contribution in [0.4, 0.5) is 11.4 Å². The lowest BCUT2D eigenvalue weighted by Crippen LogP contribution is -2.41. The Hall–Kier alpha value is -4.20. The summed E-state index contributed by atoms with van der Waals surface area (Å²) in [5.41, 5.74) is 2.63. The third-order valence-corrected chi connectivity index (χ3v) is 6.15. The predicted octanol–water partition coefficient (Wildman–Crippen LogP) is 5.50. The Morgan fingerprint density at radius 3 is 2.46 bits per heavy atom. The molecule has 0 saturated carbocycles. The van der Waals surface area contributed by atoms with Gasteiger partial charge in [-0.1, -0.05) is 44.2 Å². The van der Waals surface area contributed by atoms with E-state index in [9.17, 15) is 19.7 Å². The summed E-state index contributed by atoms with van der Waals surface area (Å²) in [5, 5.41) is 13.7. The lowest BCUT2D eigenvalue weighted by Gasteiger charge is -2.32. The first-order valence-electron chi connectivity index (χ1n) is 11.6. The van der Waals surface area contributed by atoms with Gasteiger partial charge in [0.15, 0.2) is 6.10 Å². The number of benzene rings is 3. The first-order valence-corrected chi connectivity index (χ1v) is 11.6. The van der Waals surface area contributed by atoms with E-state index in [4.69, 9.17) is 4.74 Å². The summed E-state index contributed by atoms with van der Waals surface area (Å²) < 4.78 is 6.09. The number of nitro groups is 1. The van der Waals surface area contributed by atoms with E-state index >= 15 is 0 Å². The Kier molecular flexibility index (Phi) is 7.10. The molecule has 180 valence electrons. The second-order valence-corrected chi connectivity index (χ2v) is 8.40. The van der Waals surface area contributed by atoms with Crippen molar-refractivity contribution >= 4 is 23.2 Å². The normalized spacial score (nSPS) is 16.0. The molecule has 1 aliphatic heterocycles. The van der Waals surface area contributed by atoms with E-state index in [1.165, 1.54) is 24.3 Å². The summed E-state index contributed by atoms with van der Waals surface area (Å²) in [5.74, 6) is 0.171. The van der Waals surface area contributed by atoms with Gasteiger partial charge in [0.05, 0.1) is 17.5 Å². The van der Waals surface area contributed by atoms with Gasteiger partial charge in [-0.05, 0) is 48.7 Å². The van der Waals surface area contributed by atoms with Crippen LogP contribution in [-0.2, 0) is 11.3 Å². The summed E-state index contributed by atoms with van der Waals surface area (Å²) in [7, 11) is 0. The molecule has 0 spiro atoms. The minimum Gasteiger partial charge on any atom is -0.480 e. The first kappa shape index (κ1) is 23.9. The molecule has 2 atom stereocenters. The highest BCUT2D eigenvalue weighted by atomic mass is 16.6. The van der Waals surface area contributed by atoms with E-state index in [1.807, 2.05) is 48.2 Å². The number of nitro benzene ring substituents is 1. The number of hydrogen-bond donors (Lipinski definition) is 1. The molecule has 0 unspecified atom stereocenters. The maximum absolute atomic E-state index is 13.4. The minimum absolute atomic E-state index is 0.0594. The number of carbonyl (C=O) groups is 2. The van der Waals surface area contributed by atoms with Gasteiger partial charge in [-0.15, -0.1) is 0 Å². The van der Waals surface area contributed by atoms with Gasteiger partial charge in [-0.2, -0.15) is 0 Å². The van der Waals surface area contributed by atoms with E-state index in [1.54, 1.807) is 12.1 Å². The molecule has 0 bridgehead atoms. The monoisotopic (exact) mass is 473 g/mol. The topological polar surface area (TPSA) is 102 Å². The molecule has 1 aliphatic rings. The number of carbonyl (C=O) groups excluding carboxylic acids is 2. The molecule has 8 heteroatoms. The fourth-order valence-corrected chi connectivity index (χ4v) is 4.32. The molecule has 1 N–H and O–H groups in total. The molecule has 3 aromatic carbocycles. The summed E-state index contributed by atoms with van der Waals surface area (Å²) in [6, 6.07) is 20.6. The van der Waals surface area contributed by atoms with E-state index < -0.39 is 11.0 Å². The van der Waals surface area contributed by atoms with Crippen molar-refractivity contribution in [3.05, 3.63) is 99.6 Å². The van der Waals surface area contributed by atoms with Crippen LogP contribution in [0.1, 0.15) is 54.2 Å². The lowest BCUT2D eigenvalue weighted by atomic mass is 10.0. The molecule has 4 rings (SSSR count). The number of non-ortho nitro benzene ring substituents is 1. The fraction of sp³-hybridized carbons (Fsp3) is 0.259. The van der Waals surface area contributed by atoms with Gasteiger partial charge in [0.2, 0.25) is 0 Å². The van der Waals surface area contributed by atoms with Crippen LogP contribution in [-0.4, -0.2) is 27.7 Å². The van der Waals surface area contributed by atoms with Gasteiger partial charge in [0.25, 0.3) is 17.5 Å². The number of nitrogens with one attached hydrogen (secondary N) is 1. The zero-order valence-corrected chi connectivity index (χ0v) is 19.6. The number of hydrogen-bond acceptors (Lipinski definition) is 5. The highest BCUT2D eigenvalue weighted by Crippen LogP contribution is 2.35. The second kappa shape index (κ2) is 10.4. The highest BCUT2D eigenvalue weighted by Gasteiger charge is 2.34. The minimum atomic E-state index is -0.588. The smallest absolute Gasteiger partial charge is 0.269 e. The molecular weight excluding hydrogens is 446 g/mol. The van der Waals surface area contributed by atoms with Crippen molar-refractivity contribution in [2.24, 2.45) is 0 Å². The van der Waals surface area contributed by atoms with Gasteiger partial charge in [-0.25, -0.2) is 0 Å². The standard InChI is InChI=1S/C27H27N3O5/c1-3-23(18-8-6-5-7-9-18)29-17-20-16-21(12-15-25(20)35-24(4-2)27(29)32)28-26(31)19-10-13-22(14-11-19)30(33)34/h5-16,23-24H,3-4,17H2,1-2H3,(H,28,31)/t23-,24-/m0/s1. The van der Waals surface area contributed by atoms with Crippen LogP contribution >= 0.6 is 0 Å². The summed E-state index contributed by atoms with van der Waals surface area (Å²) >= 11 is 0. The van der Waals surface area contributed by atoms with Gasteiger partial charge in [0.1, 0.15) is 5.75 Å². The maximum atomic E-state index is 13.4. The SMILES string of the molecule is CC[C@@H]1Oc2ccc(NC(=O)c3ccc([N+](=O)[O-])cc3)cc2CN([C@@H](CC)c2ccccc2)C1=O. The van der Waals surface area contributed by atoms with Crippen molar-refractivity contribution in [1.29, 1.82) is 0 Å². The Labute approximate surface area is 203 Å². The predicted molar refractivity (Wildman–Crippen MR) is 132 cm³/mol. The molecule has 2 amide bonds. The Bertz CT molecular complexity index is 1230. The van der Waals surface area contributed by atoms with Crippen LogP contribution in [0.5, 0.6) is 5.75 Å². The summed E-state index contributed by atoms with van der Waals surface area (Å²) in [6.45, 7) is 4.33. The fourth-order valence-electron chi connectivity index (χ4n) is 4.32. The third-order valence-electron chi connectivity index (χ3n) is 6.15. The average Bonchev–Trinajstić information content (AvgIpc) is 3.01. The number of fused-ring (bicyclic) bond motifs is 1. The maximum Gasteiger partial charge on any atom is 0.269 e. The lowest BCUT2D eigenvalue weighted by molar-refractivity contribution is -0.384. The quantitative estimate of drug-likeness (QED) is 0.361. The van der Waals surface area contributed by atoms with Gasteiger partial charge in [0, 0.05) is 28.9 Å². The van der Waals surface area contributed by atoms with Gasteiger partial charge >= 0.3 is 0 Å². The van der Waals surface area contributed by atoms with Crippen LogP contribution in [0.25, 0.3) is 0 Å². The van der Waals surface area contributed by atoms with Crippen LogP contribution in [0.2, 0.25) is 0 Å². The van der Waals surface area contributed by atoms with Crippen LogP contribution in [0, 0.1) is 10.1 Å².